The molecule has 2 aromatic heterocycles. The predicted molar refractivity (Wildman–Crippen MR) is 105 cm³/mol. The van der Waals surface area contributed by atoms with E-state index in [1.807, 2.05) is 62.5 Å². The minimum Gasteiger partial charge on any atom is -0.334 e. The van der Waals surface area contributed by atoms with Crippen molar-refractivity contribution in [1.29, 1.82) is 0 Å². The highest BCUT2D eigenvalue weighted by Gasteiger charge is 2.35. The molecule has 138 valence electrons. The first-order chi connectivity index (χ1) is 13.1. The zero-order valence-corrected chi connectivity index (χ0v) is 16.2. The largest absolute Gasteiger partial charge is 0.334 e. The average Bonchev–Trinajstić information content (AvgIpc) is 3.34. The van der Waals surface area contributed by atoms with Gasteiger partial charge >= 0.3 is 6.03 Å². The predicted octanol–water partition coefficient (Wildman–Crippen LogP) is 4.62. The number of carbonyl (C=O) groups excluding carboxylic acids is 1. The summed E-state index contributed by atoms with van der Waals surface area (Å²) >= 11 is 1.56. The van der Waals surface area contributed by atoms with Gasteiger partial charge in [0.1, 0.15) is 0 Å². The number of amides is 2. The summed E-state index contributed by atoms with van der Waals surface area (Å²) in [6.45, 7) is 6.47. The van der Waals surface area contributed by atoms with E-state index in [0.717, 1.165) is 27.3 Å². The Morgan fingerprint density at radius 1 is 1.22 bits per heavy atom. The molecule has 0 fully saturated rings. The van der Waals surface area contributed by atoms with Gasteiger partial charge in [0, 0.05) is 12.2 Å². The molecule has 1 aliphatic rings. The molecule has 3 aromatic rings. The van der Waals surface area contributed by atoms with Gasteiger partial charge in [0.2, 0.25) is 5.82 Å². The van der Waals surface area contributed by atoms with E-state index in [-0.39, 0.29) is 12.1 Å². The molecule has 1 unspecified atom stereocenters. The van der Waals surface area contributed by atoms with Gasteiger partial charge in [-0.1, -0.05) is 41.1 Å². The van der Waals surface area contributed by atoms with Gasteiger partial charge < -0.3 is 9.84 Å². The standard InChI is InChI=1S/C20H20N4O2S/c1-4-24-13(3)16(19-22-18(23-26-19)15-6-5-11-27-15)17(21-20(24)25)14-9-7-12(2)8-10-14/h5-11,17H,4H2,1-3H3,(H,21,25). The van der Waals surface area contributed by atoms with Crippen LogP contribution in [0.1, 0.15) is 36.9 Å². The second-order valence-corrected chi connectivity index (χ2v) is 7.38. The molecule has 3 heterocycles. The molecule has 4 rings (SSSR count). The molecule has 27 heavy (non-hydrogen) atoms. The number of nitrogens with one attached hydrogen (secondary N) is 1. The Bertz CT molecular complexity index is 989. The van der Waals surface area contributed by atoms with Crippen LogP contribution in [0.3, 0.4) is 0 Å². The fraction of sp³-hybridized carbons (Fsp3) is 0.250. The number of nitrogens with zero attached hydrogens (tertiary/aromatic N) is 3. The summed E-state index contributed by atoms with van der Waals surface area (Å²) in [5.74, 6) is 0.989. The summed E-state index contributed by atoms with van der Waals surface area (Å²) in [4.78, 5) is 19.8. The number of hydrogen-bond acceptors (Lipinski definition) is 5. The summed E-state index contributed by atoms with van der Waals surface area (Å²) in [7, 11) is 0. The van der Waals surface area contributed by atoms with Crippen LogP contribution in [0.15, 0.2) is 52.0 Å². The summed E-state index contributed by atoms with van der Waals surface area (Å²) in [5, 5.41) is 9.20. The van der Waals surface area contributed by atoms with Crippen molar-refractivity contribution in [3.05, 3.63) is 64.5 Å². The normalized spacial score (nSPS) is 17.4. The van der Waals surface area contributed by atoms with E-state index in [4.69, 9.17) is 4.52 Å². The number of benzene rings is 1. The molecule has 1 N–H and O–H groups in total. The minimum atomic E-state index is -0.336. The molecule has 7 heteroatoms. The highest BCUT2D eigenvalue weighted by molar-refractivity contribution is 7.13. The Hall–Kier alpha value is -2.93. The van der Waals surface area contributed by atoms with E-state index in [1.165, 1.54) is 0 Å². The number of aromatic nitrogens is 2. The maximum absolute atomic E-state index is 12.6. The lowest BCUT2D eigenvalue weighted by Gasteiger charge is -2.34. The van der Waals surface area contributed by atoms with Crippen molar-refractivity contribution in [2.45, 2.75) is 26.8 Å². The van der Waals surface area contributed by atoms with Crippen molar-refractivity contribution in [1.82, 2.24) is 20.4 Å². The Kier molecular flexibility index (Phi) is 4.53. The molecule has 1 aromatic carbocycles. The second-order valence-electron chi connectivity index (χ2n) is 6.44. The van der Waals surface area contributed by atoms with Gasteiger partial charge in [-0.3, -0.25) is 4.90 Å². The van der Waals surface area contributed by atoms with E-state index >= 15 is 0 Å². The molecule has 2 amide bonds. The number of urea groups is 1. The molecule has 0 saturated heterocycles. The molecular formula is C20H20N4O2S. The Labute approximate surface area is 161 Å². The molecule has 0 saturated carbocycles. The van der Waals surface area contributed by atoms with Crippen molar-refractivity contribution < 1.29 is 9.32 Å². The van der Waals surface area contributed by atoms with Crippen LogP contribution in [0.25, 0.3) is 16.3 Å². The van der Waals surface area contributed by atoms with Gasteiger partial charge in [-0.2, -0.15) is 4.98 Å². The van der Waals surface area contributed by atoms with Crippen LogP contribution in [0.5, 0.6) is 0 Å². The minimum absolute atomic E-state index is 0.123. The Morgan fingerprint density at radius 2 is 2.00 bits per heavy atom. The zero-order valence-electron chi connectivity index (χ0n) is 15.4. The third kappa shape index (κ3) is 3.14. The first-order valence-electron chi connectivity index (χ1n) is 8.81. The van der Waals surface area contributed by atoms with Crippen molar-refractivity contribution in [2.24, 2.45) is 0 Å². The number of aryl methyl sites for hydroxylation is 1. The van der Waals surface area contributed by atoms with Crippen LogP contribution in [0, 0.1) is 6.92 Å². The quantitative estimate of drug-likeness (QED) is 0.717. The molecule has 0 radical (unpaired) electrons. The number of allylic oxidation sites excluding steroid dienone is 1. The lowest BCUT2D eigenvalue weighted by Crippen LogP contribution is -2.45. The van der Waals surface area contributed by atoms with E-state index in [1.54, 1.807) is 16.2 Å². The molecule has 0 aliphatic carbocycles. The van der Waals surface area contributed by atoms with Crippen LogP contribution >= 0.6 is 11.3 Å². The molecule has 6 nitrogen and oxygen atoms in total. The van der Waals surface area contributed by atoms with Gasteiger partial charge in [0.05, 0.1) is 16.5 Å². The van der Waals surface area contributed by atoms with Gasteiger partial charge in [-0.15, -0.1) is 11.3 Å². The summed E-state index contributed by atoms with van der Waals surface area (Å²) in [6, 6.07) is 11.6. The third-order valence-electron chi connectivity index (χ3n) is 4.72. The van der Waals surface area contributed by atoms with E-state index < -0.39 is 0 Å². The number of carbonyl (C=O) groups is 1. The summed E-state index contributed by atoms with van der Waals surface area (Å²) in [6.07, 6.45) is 0. The Morgan fingerprint density at radius 3 is 2.67 bits per heavy atom. The van der Waals surface area contributed by atoms with Crippen molar-refractivity contribution >= 4 is 22.9 Å². The van der Waals surface area contributed by atoms with Crippen LogP contribution in [0.2, 0.25) is 0 Å². The fourth-order valence-corrected chi connectivity index (χ4v) is 3.94. The molecule has 1 aliphatic heterocycles. The summed E-state index contributed by atoms with van der Waals surface area (Å²) < 4.78 is 5.61. The van der Waals surface area contributed by atoms with Gasteiger partial charge in [0.15, 0.2) is 0 Å². The van der Waals surface area contributed by atoms with Crippen LogP contribution in [-0.2, 0) is 0 Å². The first-order valence-corrected chi connectivity index (χ1v) is 9.69. The first kappa shape index (κ1) is 17.5. The zero-order chi connectivity index (χ0) is 19.0. The van der Waals surface area contributed by atoms with Crippen molar-refractivity contribution in [2.75, 3.05) is 6.54 Å². The van der Waals surface area contributed by atoms with Crippen molar-refractivity contribution in [3.8, 4) is 10.7 Å². The highest BCUT2D eigenvalue weighted by atomic mass is 32.1. The van der Waals surface area contributed by atoms with Gasteiger partial charge in [-0.05, 0) is 37.8 Å². The average molecular weight is 380 g/mol. The molecule has 0 spiro atoms. The molecule has 0 bridgehead atoms. The number of hydrogen-bond donors (Lipinski definition) is 1. The fourth-order valence-electron chi connectivity index (χ4n) is 3.29. The summed E-state index contributed by atoms with van der Waals surface area (Å²) in [5.41, 5.74) is 3.80. The van der Waals surface area contributed by atoms with Crippen LogP contribution in [-0.4, -0.2) is 27.6 Å². The monoisotopic (exact) mass is 380 g/mol. The van der Waals surface area contributed by atoms with Gasteiger partial charge in [0.25, 0.3) is 5.89 Å². The van der Waals surface area contributed by atoms with E-state index in [0.29, 0.717) is 18.3 Å². The number of thiophene rings is 1. The van der Waals surface area contributed by atoms with Crippen LogP contribution in [0.4, 0.5) is 4.79 Å². The van der Waals surface area contributed by atoms with E-state index in [2.05, 4.69) is 15.5 Å². The second kappa shape index (κ2) is 7.00. The maximum Gasteiger partial charge on any atom is 0.322 e. The van der Waals surface area contributed by atoms with Gasteiger partial charge in [-0.25, -0.2) is 4.79 Å². The van der Waals surface area contributed by atoms with Crippen LogP contribution < -0.4 is 5.32 Å². The lowest BCUT2D eigenvalue weighted by molar-refractivity contribution is 0.207. The lowest BCUT2D eigenvalue weighted by atomic mass is 9.94. The number of rotatable bonds is 4. The topological polar surface area (TPSA) is 71.3 Å². The maximum atomic E-state index is 12.6. The molecular weight excluding hydrogens is 360 g/mol. The SMILES string of the molecule is CCN1C(=O)NC(c2ccc(C)cc2)C(c2nc(-c3cccs3)no2)=C1C. The van der Waals surface area contributed by atoms with Crippen molar-refractivity contribution in [3.63, 3.8) is 0 Å². The smallest absolute Gasteiger partial charge is 0.322 e. The van der Waals surface area contributed by atoms with E-state index in [9.17, 15) is 4.79 Å². The Balaban J connectivity index is 1.82. The third-order valence-corrected chi connectivity index (χ3v) is 5.59. The molecule has 1 atom stereocenters. The highest BCUT2D eigenvalue weighted by Crippen LogP contribution is 2.37.